The van der Waals surface area contributed by atoms with E-state index in [-0.39, 0.29) is 11.7 Å². The molecule has 1 N–H and O–H groups in total. The molecule has 2 heterocycles. The van der Waals surface area contributed by atoms with Crippen LogP contribution in [0.25, 0.3) is 11.4 Å². The third-order valence-electron chi connectivity index (χ3n) is 5.76. The van der Waals surface area contributed by atoms with E-state index in [1.54, 1.807) is 11.3 Å². The number of thiophene rings is 1. The lowest BCUT2D eigenvalue weighted by molar-refractivity contribution is -0.113. The van der Waals surface area contributed by atoms with Crippen LogP contribution in [-0.4, -0.2) is 26.4 Å². The lowest BCUT2D eigenvalue weighted by Gasteiger charge is -2.20. The number of carbonyl (C=O) groups is 1. The smallest absolute Gasteiger partial charge is 0.235 e. The summed E-state index contributed by atoms with van der Waals surface area (Å²) in [5, 5.41) is 23.2. The first-order chi connectivity index (χ1) is 15.5. The van der Waals surface area contributed by atoms with Crippen LogP contribution in [0.2, 0.25) is 5.02 Å². The van der Waals surface area contributed by atoms with Crippen LogP contribution in [0.4, 0.5) is 5.00 Å². The molecule has 6 nitrogen and oxygen atoms in total. The fourth-order valence-corrected chi connectivity index (χ4v) is 6.34. The van der Waals surface area contributed by atoms with Crippen LogP contribution >= 0.6 is 34.7 Å². The highest BCUT2D eigenvalue weighted by Crippen LogP contribution is 2.40. The van der Waals surface area contributed by atoms with Crippen molar-refractivity contribution >= 4 is 45.6 Å². The number of halogens is 1. The Bertz CT molecular complexity index is 1180. The molecule has 0 saturated carbocycles. The van der Waals surface area contributed by atoms with Gasteiger partial charge in [0.1, 0.15) is 11.1 Å². The van der Waals surface area contributed by atoms with Gasteiger partial charge in [-0.3, -0.25) is 4.79 Å². The van der Waals surface area contributed by atoms with Crippen LogP contribution in [0, 0.1) is 17.2 Å². The van der Waals surface area contributed by atoms with Crippen LogP contribution < -0.4 is 5.32 Å². The first-order valence-corrected chi connectivity index (χ1v) is 12.9. The normalized spacial score (nSPS) is 15.2. The summed E-state index contributed by atoms with van der Waals surface area (Å²) >= 11 is 9.01. The van der Waals surface area contributed by atoms with Crippen LogP contribution in [0.1, 0.15) is 42.7 Å². The Morgan fingerprint density at radius 3 is 2.97 bits per heavy atom. The van der Waals surface area contributed by atoms with Crippen LogP contribution in [0.5, 0.6) is 0 Å². The van der Waals surface area contributed by atoms with Gasteiger partial charge in [0.25, 0.3) is 0 Å². The summed E-state index contributed by atoms with van der Waals surface area (Å²) in [7, 11) is 0. The number of hydrogen-bond acceptors (Lipinski definition) is 6. The molecule has 1 amide bonds. The van der Waals surface area contributed by atoms with Gasteiger partial charge in [0.05, 0.1) is 11.3 Å². The number of aromatic nitrogens is 3. The molecule has 2 aromatic heterocycles. The van der Waals surface area contributed by atoms with Gasteiger partial charge in [-0.05, 0) is 49.8 Å². The Hall–Kier alpha value is -2.34. The number of nitriles is 1. The van der Waals surface area contributed by atoms with Crippen molar-refractivity contribution in [2.24, 2.45) is 5.92 Å². The van der Waals surface area contributed by atoms with Gasteiger partial charge in [0.2, 0.25) is 5.91 Å². The zero-order valence-corrected chi connectivity index (χ0v) is 20.4. The average molecular weight is 486 g/mol. The maximum Gasteiger partial charge on any atom is 0.235 e. The third-order valence-corrected chi connectivity index (χ3v) is 8.13. The van der Waals surface area contributed by atoms with Gasteiger partial charge < -0.3 is 9.88 Å². The van der Waals surface area contributed by atoms with E-state index in [0.717, 1.165) is 42.6 Å². The molecule has 0 aliphatic heterocycles. The lowest BCUT2D eigenvalue weighted by atomic mass is 9.86. The largest absolute Gasteiger partial charge is 0.316 e. The monoisotopic (exact) mass is 485 g/mol. The van der Waals surface area contributed by atoms with E-state index in [2.05, 4.69) is 28.5 Å². The predicted octanol–water partition coefficient (Wildman–Crippen LogP) is 5.80. The lowest BCUT2D eigenvalue weighted by Crippen LogP contribution is -2.15. The first kappa shape index (κ1) is 22.8. The van der Waals surface area contributed by atoms with Gasteiger partial charge in [-0.25, -0.2) is 0 Å². The molecule has 0 spiro atoms. The highest BCUT2D eigenvalue weighted by Gasteiger charge is 2.26. The fraction of sp³-hybridized carbons (Fsp3) is 0.391. The van der Waals surface area contributed by atoms with E-state index in [1.807, 2.05) is 35.8 Å². The van der Waals surface area contributed by atoms with Gasteiger partial charge in [-0.2, -0.15) is 5.26 Å². The second kappa shape index (κ2) is 10.1. The number of nitrogens with zero attached hydrogens (tertiary/aromatic N) is 4. The van der Waals surface area contributed by atoms with Crippen molar-refractivity contribution in [2.45, 2.75) is 51.2 Å². The number of hydrogen-bond donors (Lipinski definition) is 1. The summed E-state index contributed by atoms with van der Waals surface area (Å²) in [6.45, 7) is 4.90. The van der Waals surface area contributed by atoms with Crippen molar-refractivity contribution in [1.29, 1.82) is 5.26 Å². The minimum absolute atomic E-state index is 0.146. The molecule has 32 heavy (non-hydrogen) atoms. The Balaban J connectivity index is 1.45. The van der Waals surface area contributed by atoms with Crippen LogP contribution in [0.15, 0.2) is 29.4 Å². The highest BCUT2D eigenvalue weighted by molar-refractivity contribution is 7.99. The Labute approximate surface area is 201 Å². The van der Waals surface area contributed by atoms with Crippen molar-refractivity contribution < 1.29 is 4.79 Å². The van der Waals surface area contributed by atoms with E-state index < -0.39 is 0 Å². The molecule has 1 aromatic carbocycles. The van der Waals surface area contributed by atoms with E-state index in [1.165, 1.54) is 16.6 Å². The minimum Gasteiger partial charge on any atom is -0.316 e. The summed E-state index contributed by atoms with van der Waals surface area (Å²) in [5.41, 5.74) is 2.65. The van der Waals surface area contributed by atoms with E-state index >= 15 is 0 Å². The summed E-state index contributed by atoms with van der Waals surface area (Å²) in [4.78, 5) is 13.9. The summed E-state index contributed by atoms with van der Waals surface area (Å²) in [6, 6.07) is 9.80. The summed E-state index contributed by atoms with van der Waals surface area (Å²) in [5.74, 6) is 1.44. The number of fused-ring (bicyclic) bond motifs is 1. The molecule has 0 radical (unpaired) electrons. The molecular weight excluding hydrogens is 462 g/mol. The number of amides is 1. The quantitative estimate of drug-likeness (QED) is 0.428. The van der Waals surface area contributed by atoms with Gasteiger partial charge in [0, 0.05) is 22.0 Å². The molecule has 1 aliphatic carbocycles. The number of nitrogens with one attached hydrogen (secondary N) is 1. The molecule has 1 unspecified atom stereocenters. The second-order valence-electron chi connectivity index (χ2n) is 7.73. The number of rotatable bonds is 7. The standard InChI is InChI=1S/C23H24ClN5OS2/c1-3-14-8-9-17-18(12-25)22(32-19(17)10-14)26-20(30)13-31-23-28-27-21(29(23)4-2)15-6-5-7-16(24)11-15/h5-7,11,14H,3-4,8-10,13H2,1-2H3,(H,26,30). The topological polar surface area (TPSA) is 83.6 Å². The molecule has 0 saturated heterocycles. The number of carbonyl (C=O) groups excluding carboxylic acids is 1. The minimum atomic E-state index is -0.146. The molecule has 3 aromatic rings. The zero-order valence-electron chi connectivity index (χ0n) is 18.0. The van der Waals surface area contributed by atoms with Crippen molar-refractivity contribution in [3.8, 4) is 17.5 Å². The maximum atomic E-state index is 12.7. The van der Waals surface area contributed by atoms with Crippen LogP contribution in [0.3, 0.4) is 0 Å². The van der Waals surface area contributed by atoms with Crippen molar-refractivity contribution in [2.75, 3.05) is 11.1 Å². The second-order valence-corrected chi connectivity index (χ2v) is 10.2. The van der Waals surface area contributed by atoms with Crippen molar-refractivity contribution in [1.82, 2.24) is 14.8 Å². The summed E-state index contributed by atoms with van der Waals surface area (Å²) in [6.07, 6.45) is 4.18. The van der Waals surface area contributed by atoms with E-state index in [0.29, 0.717) is 33.2 Å². The average Bonchev–Trinajstić information content (AvgIpc) is 3.37. The number of thioether (sulfide) groups is 1. The van der Waals surface area contributed by atoms with E-state index in [9.17, 15) is 10.1 Å². The number of benzene rings is 1. The van der Waals surface area contributed by atoms with Crippen LogP contribution in [-0.2, 0) is 24.2 Å². The third kappa shape index (κ3) is 4.70. The molecule has 1 aliphatic rings. The molecule has 1 atom stereocenters. The Morgan fingerprint density at radius 2 is 2.25 bits per heavy atom. The highest BCUT2D eigenvalue weighted by atomic mass is 35.5. The molecule has 0 bridgehead atoms. The van der Waals surface area contributed by atoms with Crippen molar-refractivity contribution in [3.63, 3.8) is 0 Å². The summed E-state index contributed by atoms with van der Waals surface area (Å²) < 4.78 is 1.97. The van der Waals surface area contributed by atoms with Crippen molar-refractivity contribution in [3.05, 3.63) is 45.3 Å². The molecule has 4 rings (SSSR count). The van der Waals surface area contributed by atoms with Gasteiger partial charge in [-0.1, -0.05) is 48.8 Å². The first-order valence-electron chi connectivity index (χ1n) is 10.7. The van der Waals surface area contributed by atoms with Gasteiger partial charge in [0.15, 0.2) is 11.0 Å². The maximum absolute atomic E-state index is 12.7. The molecule has 166 valence electrons. The number of anilines is 1. The Kier molecular flexibility index (Phi) is 7.19. The molecular formula is C23H24ClN5OS2. The van der Waals surface area contributed by atoms with E-state index in [4.69, 9.17) is 11.6 Å². The van der Waals surface area contributed by atoms with Gasteiger partial charge >= 0.3 is 0 Å². The van der Waals surface area contributed by atoms with Gasteiger partial charge in [-0.15, -0.1) is 21.5 Å². The fourth-order valence-electron chi connectivity index (χ4n) is 4.02. The molecule has 9 heteroatoms. The zero-order chi connectivity index (χ0) is 22.7. The predicted molar refractivity (Wildman–Crippen MR) is 130 cm³/mol. The Morgan fingerprint density at radius 1 is 1.41 bits per heavy atom. The SMILES string of the molecule is CCC1CCc2c(sc(NC(=O)CSc3nnc(-c4cccc(Cl)c4)n3CC)c2C#N)C1. The molecule has 0 fully saturated rings.